The van der Waals surface area contributed by atoms with Crippen molar-refractivity contribution < 1.29 is 13.9 Å². The number of nitrogens with zero attached hydrogens (tertiary/aromatic N) is 2. The summed E-state index contributed by atoms with van der Waals surface area (Å²) < 4.78 is 18.9. The number of aromatic nitrogens is 1. The number of aryl methyl sites for hydroxylation is 1. The predicted octanol–water partition coefficient (Wildman–Crippen LogP) is 4.31. The van der Waals surface area contributed by atoms with Gasteiger partial charge in [-0.15, -0.1) is 0 Å². The number of methoxy groups -OCH3 is 1. The topological polar surface area (TPSA) is 54.5 Å². The van der Waals surface area contributed by atoms with Crippen LogP contribution in [0.4, 0.5) is 15.8 Å². The summed E-state index contributed by atoms with van der Waals surface area (Å²) in [6.07, 6.45) is 1.11. The van der Waals surface area contributed by atoms with E-state index in [1.807, 2.05) is 19.1 Å². The maximum Gasteiger partial charge on any atom is 0.262 e. The standard InChI is InChI=1S/C21H18FN3O2/c1-13-5-6-14(22)12-18(13)24-20-19-17(4-3-11-23-19)21(26)25(20)15-7-9-16(27-2)10-8-15/h3-12,20,24H,1-2H3/t20-/m0/s1. The number of hydrogen-bond acceptors (Lipinski definition) is 4. The van der Waals surface area contributed by atoms with Gasteiger partial charge in [-0.05, 0) is 61.0 Å². The van der Waals surface area contributed by atoms with E-state index in [1.54, 1.807) is 48.5 Å². The van der Waals surface area contributed by atoms with Gasteiger partial charge in [0, 0.05) is 17.6 Å². The number of carbonyl (C=O) groups excluding carboxylic acids is 1. The minimum absolute atomic E-state index is 0.158. The Morgan fingerprint density at radius 1 is 1.15 bits per heavy atom. The molecule has 2 heterocycles. The van der Waals surface area contributed by atoms with Crippen molar-refractivity contribution in [3.63, 3.8) is 0 Å². The van der Waals surface area contributed by atoms with E-state index in [-0.39, 0.29) is 11.7 Å². The molecule has 2 aromatic carbocycles. The van der Waals surface area contributed by atoms with E-state index < -0.39 is 6.17 Å². The molecule has 5 nitrogen and oxygen atoms in total. The van der Waals surface area contributed by atoms with Crippen molar-refractivity contribution in [3.05, 3.63) is 83.4 Å². The molecule has 0 fully saturated rings. The quantitative estimate of drug-likeness (QED) is 0.751. The number of benzene rings is 2. The van der Waals surface area contributed by atoms with Gasteiger partial charge in [0.25, 0.3) is 5.91 Å². The summed E-state index contributed by atoms with van der Waals surface area (Å²) >= 11 is 0. The van der Waals surface area contributed by atoms with Crippen molar-refractivity contribution in [3.8, 4) is 5.75 Å². The molecule has 3 aromatic rings. The molecule has 1 aliphatic heterocycles. The van der Waals surface area contributed by atoms with Crippen molar-refractivity contribution in [1.29, 1.82) is 0 Å². The van der Waals surface area contributed by atoms with Crippen LogP contribution in [0.15, 0.2) is 60.8 Å². The summed E-state index contributed by atoms with van der Waals surface area (Å²) in [5.41, 5.74) is 3.33. The average Bonchev–Trinajstić information content (AvgIpc) is 2.97. The first-order valence-electron chi connectivity index (χ1n) is 8.53. The lowest BCUT2D eigenvalue weighted by Gasteiger charge is -2.27. The molecule has 6 heteroatoms. The van der Waals surface area contributed by atoms with Crippen LogP contribution >= 0.6 is 0 Å². The van der Waals surface area contributed by atoms with Gasteiger partial charge in [0.05, 0.1) is 18.4 Å². The summed E-state index contributed by atoms with van der Waals surface area (Å²) in [5.74, 6) is 0.200. The molecule has 0 radical (unpaired) electrons. The SMILES string of the molecule is COc1ccc(N2C(=O)c3cccnc3[C@H]2Nc2cc(F)ccc2C)cc1. The molecule has 0 unspecified atom stereocenters. The van der Waals surface area contributed by atoms with Gasteiger partial charge in [-0.1, -0.05) is 6.07 Å². The third-order valence-corrected chi connectivity index (χ3v) is 4.65. The largest absolute Gasteiger partial charge is 0.497 e. The third kappa shape index (κ3) is 2.99. The summed E-state index contributed by atoms with van der Waals surface area (Å²) in [6, 6.07) is 15.2. The van der Waals surface area contributed by atoms with E-state index in [9.17, 15) is 9.18 Å². The number of hydrogen-bond donors (Lipinski definition) is 1. The number of nitrogens with one attached hydrogen (secondary N) is 1. The normalized spacial score (nSPS) is 15.6. The van der Waals surface area contributed by atoms with Gasteiger partial charge in [0.2, 0.25) is 0 Å². The zero-order chi connectivity index (χ0) is 19.0. The fourth-order valence-electron chi connectivity index (χ4n) is 3.22. The number of pyridine rings is 1. The Kier molecular flexibility index (Phi) is 4.24. The van der Waals surface area contributed by atoms with Crippen LogP contribution in [0.3, 0.4) is 0 Å². The Morgan fingerprint density at radius 2 is 1.93 bits per heavy atom. The Morgan fingerprint density at radius 3 is 2.67 bits per heavy atom. The van der Waals surface area contributed by atoms with Crippen molar-refractivity contribution in [2.45, 2.75) is 13.1 Å². The molecule has 1 atom stereocenters. The summed E-state index contributed by atoms with van der Waals surface area (Å²) in [6.45, 7) is 1.88. The molecule has 1 N–H and O–H groups in total. The number of fused-ring (bicyclic) bond motifs is 1. The molecule has 0 spiro atoms. The minimum atomic E-state index is -0.539. The van der Waals surface area contributed by atoms with E-state index in [4.69, 9.17) is 4.74 Å². The summed E-state index contributed by atoms with van der Waals surface area (Å²) in [7, 11) is 1.59. The van der Waals surface area contributed by atoms with E-state index >= 15 is 0 Å². The lowest BCUT2D eigenvalue weighted by molar-refractivity contribution is 0.0993. The summed E-state index contributed by atoms with van der Waals surface area (Å²) in [4.78, 5) is 19.1. The second-order valence-corrected chi connectivity index (χ2v) is 6.32. The monoisotopic (exact) mass is 363 g/mol. The molecule has 4 rings (SSSR count). The first-order valence-corrected chi connectivity index (χ1v) is 8.53. The van der Waals surface area contributed by atoms with Crippen molar-refractivity contribution in [2.24, 2.45) is 0 Å². The second kappa shape index (κ2) is 6.72. The van der Waals surface area contributed by atoms with Crippen LogP contribution in [0.5, 0.6) is 5.75 Å². The number of rotatable bonds is 4. The number of anilines is 2. The maximum absolute atomic E-state index is 13.7. The van der Waals surface area contributed by atoms with Crippen LogP contribution in [-0.2, 0) is 0 Å². The van der Waals surface area contributed by atoms with Crippen molar-refractivity contribution >= 4 is 17.3 Å². The lowest BCUT2D eigenvalue weighted by Crippen LogP contribution is -2.32. The van der Waals surface area contributed by atoms with Gasteiger partial charge < -0.3 is 10.1 Å². The Bertz CT molecular complexity index is 1000. The molecule has 1 amide bonds. The van der Waals surface area contributed by atoms with Crippen LogP contribution in [0.2, 0.25) is 0 Å². The third-order valence-electron chi connectivity index (χ3n) is 4.65. The molecule has 136 valence electrons. The van der Waals surface area contributed by atoms with Gasteiger partial charge in [-0.25, -0.2) is 4.39 Å². The van der Waals surface area contributed by atoms with E-state index in [0.29, 0.717) is 28.4 Å². The molecular weight excluding hydrogens is 345 g/mol. The van der Waals surface area contributed by atoms with Gasteiger partial charge >= 0.3 is 0 Å². The number of carbonyl (C=O) groups is 1. The molecule has 0 bridgehead atoms. The zero-order valence-corrected chi connectivity index (χ0v) is 14.9. The van der Waals surface area contributed by atoms with Crippen molar-refractivity contribution in [2.75, 3.05) is 17.3 Å². The highest BCUT2D eigenvalue weighted by molar-refractivity contribution is 6.11. The first-order chi connectivity index (χ1) is 13.1. The van der Waals surface area contributed by atoms with Gasteiger partial charge in [0.1, 0.15) is 11.6 Å². The second-order valence-electron chi connectivity index (χ2n) is 6.32. The number of ether oxygens (including phenoxy) is 1. The molecule has 0 saturated heterocycles. The Hall–Kier alpha value is -3.41. The molecule has 1 aliphatic rings. The minimum Gasteiger partial charge on any atom is -0.497 e. The van der Waals surface area contributed by atoms with Crippen LogP contribution in [-0.4, -0.2) is 18.0 Å². The Balaban J connectivity index is 1.78. The van der Waals surface area contributed by atoms with Gasteiger partial charge in [0.15, 0.2) is 6.17 Å². The fourth-order valence-corrected chi connectivity index (χ4v) is 3.22. The molecule has 27 heavy (non-hydrogen) atoms. The summed E-state index contributed by atoms with van der Waals surface area (Å²) in [5, 5.41) is 3.29. The van der Waals surface area contributed by atoms with E-state index in [1.165, 1.54) is 12.1 Å². The molecule has 1 aromatic heterocycles. The molecule has 0 aliphatic carbocycles. The van der Waals surface area contributed by atoms with Crippen LogP contribution < -0.4 is 15.0 Å². The van der Waals surface area contributed by atoms with E-state index in [2.05, 4.69) is 10.3 Å². The van der Waals surface area contributed by atoms with Gasteiger partial charge in [-0.2, -0.15) is 0 Å². The highest BCUT2D eigenvalue weighted by Gasteiger charge is 2.39. The highest BCUT2D eigenvalue weighted by Crippen LogP contribution is 2.38. The zero-order valence-electron chi connectivity index (χ0n) is 14.9. The molecule has 0 saturated carbocycles. The average molecular weight is 363 g/mol. The Labute approximate surface area is 156 Å². The predicted molar refractivity (Wildman–Crippen MR) is 102 cm³/mol. The number of amides is 1. The lowest BCUT2D eigenvalue weighted by atomic mass is 10.1. The van der Waals surface area contributed by atoms with Crippen LogP contribution in [0.1, 0.15) is 27.8 Å². The highest BCUT2D eigenvalue weighted by atomic mass is 19.1. The first kappa shape index (κ1) is 17.0. The van der Waals surface area contributed by atoms with Crippen LogP contribution in [0.25, 0.3) is 0 Å². The van der Waals surface area contributed by atoms with Crippen LogP contribution in [0, 0.1) is 12.7 Å². The van der Waals surface area contributed by atoms with Gasteiger partial charge in [-0.3, -0.25) is 14.7 Å². The van der Waals surface area contributed by atoms with E-state index in [0.717, 1.165) is 5.56 Å². The fraction of sp³-hybridized carbons (Fsp3) is 0.143. The maximum atomic E-state index is 13.7. The molecular formula is C21H18FN3O2. The van der Waals surface area contributed by atoms with Crippen molar-refractivity contribution in [1.82, 2.24) is 4.98 Å². The smallest absolute Gasteiger partial charge is 0.262 e. The number of halogens is 1.